The third-order valence-corrected chi connectivity index (χ3v) is 4.36. The van der Waals surface area contributed by atoms with Crippen molar-refractivity contribution in [3.05, 3.63) is 45.7 Å². The van der Waals surface area contributed by atoms with Gasteiger partial charge in [0.2, 0.25) is 0 Å². The fraction of sp³-hybridized carbons (Fsp3) is 0.375. The van der Waals surface area contributed by atoms with Crippen molar-refractivity contribution in [3.63, 3.8) is 0 Å². The first kappa shape index (κ1) is 16.8. The molecule has 1 N–H and O–H groups in total. The quantitative estimate of drug-likeness (QED) is 0.803. The van der Waals surface area contributed by atoms with E-state index >= 15 is 0 Å². The molecule has 1 aliphatic rings. The Hall–Kier alpha value is -2.02. The van der Waals surface area contributed by atoms with Gasteiger partial charge in [0.1, 0.15) is 0 Å². The maximum Gasteiger partial charge on any atom is 0.418 e. The van der Waals surface area contributed by atoms with E-state index in [9.17, 15) is 23.1 Å². The average molecular weight is 359 g/mol. The number of alkyl halides is 3. The van der Waals surface area contributed by atoms with Crippen molar-refractivity contribution >= 4 is 17.6 Å². The molecule has 0 bridgehead atoms. The lowest BCUT2D eigenvalue weighted by atomic mass is 10.1. The van der Waals surface area contributed by atoms with Crippen LogP contribution in [0.1, 0.15) is 46.6 Å². The summed E-state index contributed by atoms with van der Waals surface area (Å²) in [5.41, 5.74) is -0.227. The predicted molar refractivity (Wildman–Crippen MR) is 81.8 cm³/mol. The van der Waals surface area contributed by atoms with Crippen LogP contribution in [0.4, 0.5) is 13.2 Å². The first-order valence-corrected chi connectivity index (χ1v) is 7.88. The fourth-order valence-electron chi connectivity index (χ4n) is 3.07. The van der Waals surface area contributed by atoms with Gasteiger partial charge in [-0.2, -0.15) is 18.3 Å². The minimum absolute atomic E-state index is 0.0391. The monoisotopic (exact) mass is 358 g/mol. The molecule has 0 atom stereocenters. The number of hydrogen-bond donors (Lipinski definition) is 1. The highest BCUT2D eigenvalue weighted by molar-refractivity contribution is 6.30. The first-order valence-electron chi connectivity index (χ1n) is 7.50. The van der Waals surface area contributed by atoms with Gasteiger partial charge in [-0.25, -0.2) is 9.48 Å². The predicted octanol–water partition coefficient (Wildman–Crippen LogP) is 4.51. The highest BCUT2D eigenvalue weighted by Crippen LogP contribution is 2.37. The van der Waals surface area contributed by atoms with Gasteiger partial charge in [-0.05, 0) is 43.9 Å². The summed E-state index contributed by atoms with van der Waals surface area (Å²) in [6, 6.07) is 3.41. The molecule has 2 aromatic rings. The van der Waals surface area contributed by atoms with Gasteiger partial charge in [-0.1, -0.05) is 18.0 Å². The molecule has 0 unspecified atom stereocenters. The smallest absolute Gasteiger partial charge is 0.418 e. The van der Waals surface area contributed by atoms with Crippen LogP contribution in [-0.4, -0.2) is 20.9 Å². The minimum Gasteiger partial charge on any atom is -0.476 e. The summed E-state index contributed by atoms with van der Waals surface area (Å²) in [6.07, 6.45) is -1.13. The number of fused-ring (bicyclic) bond motifs is 1. The molecule has 1 heterocycles. The van der Waals surface area contributed by atoms with E-state index in [1.807, 2.05) is 0 Å². The molecule has 0 amide bonds. The Kier molecular flexibility index (Phi) is 4.29. The second-order valence-corrected chi connectivity index (χ2v) is 6.15. The second-order valence-electron chi connectivity index (χ2n) is 5.71. The molecule has 0 aliphatic heterocycles. The van der Waals surface area contributed by atoms with Gasteiger partial charge in [0.15, 0.2) is 5.69 Å². The Labute approximate surface area is 140 Å². The average Bonchev–Trinajstić information content (AvgIpc) is 2.69. The third kappa shape index (κ3) is 3.00. The summed E-state index contributed by atoms with van der Waals surface area (Å²) in [5.74, 6) is -1.23. The van der Waals surface area contributed by atoms with Crippen LogP contribution in [0.25, 0.3) is 5.69 Å². The summed E-state index contributed by atoms with van der Waals surface area (Å²) in [6.45, 7) is 0. The van der Waals surface area contributed by atoms with Crippen LogP contribution in [-0.2, 0) is 19.0 Å². The van der Waals surface area contributed by atoms with Crippen LogP contribution in [0, 0.1) is 0 Å². The van der Waals surface area contributed by atoms with Gasteiger partial charge in [0.05, 0.1) is 11.3 Å². The SMILES string of the molecule is O=C(O)c1nn(-c2ccc(Cl)cc2C(F)(F)F)c2c1CCCCC2. The molecule has 1 aromatic carbocycles. The molecule has 1 aliphatic carbocycles. The minimum atomic E-state index is -4.62. The molecular weight excluding hydrogens is 345 g/mol. The number of aromatic nitrogens is 2. The molecule has 0 fully saturated rings. The number of hydrogen-bond acceptors (Lipinski definition) is 2. The lowest BCUT2D eigenvalue weighted by Crippen LogP contribution is -2.13. The largest absolute Gasteiger partial charge is 0.476 e. The number of nitrogens with zero attached hydrogens (tertiary/aromatic N) is 2. The van der Waals surface area contributed by atoms with E-state index in [0.29, 0.717) is 24.1 Å². The Bertz CT molecular complexity index is 799. The van der Waals surface area contributed by atoms with Crippen LogP contribution in [0.15, 0.2) is 18.2 Å². The first-order chi connectivity index (χ1) is 11.3. The summed E-state index contributed by atoms with van der Waals surface area (Å²) < 4.78 is 41.3. The fourth-order valence-corrected chi connectivity index (χ4v) is 3.24. The highest BCUT2D eigenvalue weighted by Gasteiger charge is 2.36. The van der Waals surface area contributed by atoms with E-state index in [1.165, 1.54) is 12.1 Å². The van der Waals surface area contributed by atoms with Crippen LogP contribution < -0.4 is 0 Å². The van der Waals surface area contributed by atoms with Gasteiger partial charge in [0.25, 0.3) is 0 Å². The summed E-state index contributed by atoms with van der Waals surface area (Å²) >= 11 is 5.71. The molecule has 1 aromatic heterocycles. The van der Waals surface area contributed by atoms with Crippen LogP contribution in [0.5, 0.6) is 0 Å². The van der Waals surface area contributed by atoms with Crippen molar-refractivity contribution < 1.29 is 23.1 Å². The number of carboxylic acid groups (broad SMARTS) is 1. The Morgan fingerprint density at radius 1 is 1.21 bits per heavy atom. The Morgan fingerprint density at radius 3 is 2.58 bits per heavy atom. The number of halogens is 4. The van der Waals surface area contributed by atoms with Crippen molar-refractivity contribution in [2.24, 2.45) is 0 Å². The standard InChI is InChI=1S/C16H14ClF3N2O2/c17-9-6-7-13(11(8-9)16(18,19)20)22-12-5-3-1-2-4-10(12)14(21-22)15(23)24/h6-8H,1-5H2,(H,23,24). The molecule has 24 heavy (non-hydrogen) atoms. The van der Waals surface area contributed by atoms with Gasteiger partial charge in [0, 0.05) is 16.3 Å². The molecule has 128 valence electrons. The highest BCUT2D eigenvalue weighted by atomic mass is 35.5. The van der Waals surface area contributed by atoms with Gasteiger partial charge in [-0.3, -0.25) is 0 Å². The van der Waals surface area contributed by atoms with Crippen LogP contribution in [0.3, 0.4) is 0 Å². The second kappa shape index (κ2) is 6.12. The maximum absolute atomic E-state index is 13.4. The van der Waals surface area contributed by atoms with Crippen molar-refractivity contribution in [3.8, 4) is 5.69 Å². The molecule has 0 spiro atoms. The molecule has 0 radical (unpaired) electrons. The van der Waals surface area contributed by atoms with Crippen molar-refractivity contribution in [1.82, 2.24) is 9.78 Å². The number of carbonyl (C=O) groups is 1. The van der Waals surface area contributed by atoms with E-state index in [0.717, 1.165) is 30.0 Å². The Morgan fingerprint density at radius 2 is 1.92 bits per heavy atom. The lowest BCUT2D eigenvalue weighted by Gasteiger charge is -2.15. The van der Waals surface area contributed by atoms with Crippen molar-refractivity contribution in [2.75, 3.05) is 0 Å². The number of rotatable bonds is 2. The summed E-state index contributed by atoms with van der Waals surface area (Å²) in [4.78, 5) is 11.4. The number of carboxylic acids is 1. The lowest BCUT2D eigenvalue weighted by molar-refractivity contribution is -0.137. The normalized spacial score (nSPS) is 15.0. The molecular formula is C16H14ClF3N2O2. The molecule has 8 heteroatoms. The molecule has 0 saturated heterocycles. The molecule has 0 saturated carbocycles. The van der Waals surface area contributed by atoms with Gasteiger partial charge in [-0.15, -0.1) is 0 Å². The topological polar surface area (TPSA) is 55.1 Å². The molecule has 3 rings (SSSR count). The van der Waals surface area contributed by atoms with Crippen molar-refractivity contribution in [2.45, 2.75) is 38.3 Å². The molecule has 4 nitrogen and oxygen atoms in total. The van der Waals surface area contributed by atoms with Crippen LogP contribution in [0.2, 0.25) is 5.02 Å². The number of aromatic carboxylic acids is 1. The van der Waals surface area contributed by atoms with Crippen LogP contribution >= 0.6 is 11.6 Å². The van der Waals surface area contributed by atoms with E-state index in [2.05, 4.69) is 5.10 Å². The summed E-state index contributed by atoms with van der Waals surface area (Å²) in [5, 5.41) is 13.3. The van der Waals surface area contributed by atoms with E-state index < -0.39 is 17.7 Å². The summed E-state index contributed by atoms with van der Waals surface area (Å²) in [7, 11) is 0. The van der Waals surface area contributed by atoms with E-state index in [1.54, 1.807) is 0 Å². The maximum atomic E-state index is 13.4. The van der Waals surface area contributed by atoms with Crippen molar-refractivity contribution in [1.29, 1.82) is 0 Å². The zero-order valence-electron chi connectivity index (χ0n) is 12.5. The number of benzene rings is 1. The zero-order valence-corrected chi connectivity index (χ0v) is 13.3. The van der Waals surface area contributed by atoms with Gasteiger partial charge >= 0.3 is 12.1 Å². The van der Waals surface area contributed by atoms with E-state index in [4.69, 9.17) is 11.6 Å². The van der Waals surface area contributed by atoms with Gasteiger partial charge < -0.3 is 5.11 Å². The third-order valence-electron chi connectivity index (χ3n) is 4.12. The Balaban J connectivity index is 2.26. The zero-order chi connectivity index (χ0) is 17.5. The van der Waals surface area contributed by atoms with E-state index in [-0.39, 0.29) is 16.4 Å².